The van der Waals surface area contributed by atoms with Gasteiger partial charge in [0, 0.05) is 5.56 Å². The van der Waals surface area contributed by atoms with Crippen molar-refractivity contribution in [3.8, 4) is 11.5 Å². The van der Waals surface area contributed by atoms with Crippen LogP contribution in [0.5, 0.6) is 11.5 Å². The van der Waals surface area contributed by atoms with Crippen LogP contribution in [-0.2, 0) is 0 Å². The Morgan fingerprint density at radius 1 is 0.857 bits per heavy atom. The zero-order chi connectivity index (χ0) is 15.5. The van der Waals surface area contributed by atoms with Crippen LogP contribution in [0.1, 0.15) is 31.8 Å². The van der Waals surface area contributed by atoms with Gasteiger partial charge in [-0.25, -0.2) is 0 Å². The number of nitrogen functional groups attached to an aromatic ring is 2. The van der Waals surface area contributed by atoms with Crippen molar-refractivity contribution in [2.24, 2.45) is 0 Å². The summed E-state index contributed by atoms with van der Waals surface area (Å²) in [6.07, 6.45) is 0. The molecule has 3 rings (SSSR count). The lowest BCUT2D eigenvalue weighted by Crippen LogP contribution is -2.23. The molecule has 0 spiro atoms. The van der Waals surface area contributed by atoms with Crippen molar-refractivity contribution >= 4 is 34.5 Å². The molecule has 1 aliphatic carbocycles. The van der Waals surface area contributed by atoms with Gasteiger partial charge in [-0.1, -0.05) is 23.7 Å². The summed E-state index contributed by atoms with van der Waals surface area (Å²) in [5.74, 6) is -2.78. The van der Waals surface area contributed by atoms with Crippen LogP contribution >= 0.6 is 11.6 Å². The molecule has 0 saturated carbocycles. The highest BCUT2D eigenvalue weighted by Gasteiger charge is 2.37. The summed E-state index contributed by atoms with van der Waals surface area (Å²) in [6, 6.07) is 4.41. The van der Waals surface area contributed by atoms with Crippen LogP contribution in [-0.4, -0.2) is 21.8 Å². The summed E-state index contributed by atoms with van der Waals surface area (Å²) in [4.78, 5) is 25.0. The Hall–Kier alpha value is -2.73. The lowest BCUT2D eigenvalue weighted by Gasteiger charge is -2.22. The number of hydrogen-bond acceptors (Lipinski definition) is 6. The van der Waals surface area contributed by atoms with Crippen molar-refractivity contribution in [2.75, 3.05) is 11.5 Å². The number of carbonyl (C=O) groups excluding carboxylic acids is 2. The molecule has 6 N–H and O–H groups in total. The number of phenols is 2. The Morgan fingerprint density at radius 2 is 1.52 bits per heavy atom. The first-order chi connectivity index (χ1) is 9.86. The van der Waals surface area contributed by atoms with Crippen molar-refractivity contribution in [3.05, 3.63) is 45.5 Å². The van der Waals surface area contributed by atoms with E-state index in [4.69, 9.17) is 23.1 Å². The van der Waals surface area contributed by atoms with Gasteiger partial charge < -0.3 is 21.7 Å². The lowest BCUT2D eigenvalue weighted by molar-refractivity contribution is 0.0977. The average molecular weight is 305 g/mol. The molecule has 1 aliphatic rings. The topological polar surface area (TPSA) is 127 Å². The number of anilines is 2. The van der Waals surface area contributed by atoms with Gasteiger partial charge >= 0.3 is 0 Å². The molecular weight excluding hydrogens is 296 g/mol. The van der Waals surface area contributed by atoms with E-state index in [-0.39, 0.29) is 38.7 Å². The van der Waals surface area contributed by atoms with Crippen molar-refractivity contribution in [3.63, 3.8) is 0 Å². The van der Waals surface area contributed by atoms with Crippen LogP contribution < -0.4 is 11.5 Å². The number of ketones is 2. The number of carbonyl (C=O) groups is 2. The van der Waals surface area contributed by atoms with E-state index < -0.39 is 23.1 Å². The highest BCUT2D eigenvalue weighted by Crippen LogP contribution is 2.46. The van der Waals surface area contributed by atoms with Crippen molar-refractivity contribution in [1.29, 1.82) is 0 Å². The zero-order valence-electron chi connectivity index (χ0n) is 10.5. The van der Waals surface area contributed by atoms with E-state index in [1.165, 1.54) is 18.2 Å². The normalized spacial score (nSPS) is 13.0. The first kappa shape index (κ1) is 13.3. The molecule has 0 aliphatic heterocycles. The molecule has 2 aromatic rings. The average Bonchev–Trinajstić information content (AvgIpc) is 2.46. The SMILES string of the molecule is Nc1c(N)c2c(c(O)c1O)C(=O)c1c(Cl)cccc1C2=O. The smallest absolute Gasteiger partial charge is 0.199 e. The molecule has 106 valence electrons. The molecule has 0 atom stereocenters. The minimum Gasteiger partial charge on any atom is -0.504 e. The van der Waals surface area contributed by atoms with Crippen LogP contribution in [0.3, 0.4) is 0 Å². The van der Waals surface area contributed by atoms with Gasteiger partial charge in [-0.15, -0.1) is 0 Å². The summed E-state index contributed by atoms with van der Waals surface area (Å²) >= 11 is 5.96. The third-order valence-electron chi connectivity index (χ3n) is 3.47. The fraction of sp³-hybridized carbons (Fsp3) is 0. The second kappa shape index (κ2) is 4.13. The van der Waals surface area contributed by atoms with E-state index in [0.29, 0.717) is 0 Å². The van der Waals surface area contributed by atoms with Crippen LogP contribution in [0.25, 0.3) is 0 Å². The quantitative estimate of drug-likeness (QED) is 0.284. The maximum Gasteiger partial charge on any atom is 0.199 e. The molecule has 21 heavy (non-hydrogen) atoms. The van der Waals surface area contributed by atoms with Gasteiger partial charge in [-0.3, -0.25) is 9.59 Å². The standard InChI is InChI=1S/C14H9ClN2O4/c15-5-3-1-2-4-6(5)12(19)8-7(11(4)18)9(16)10(17)14(21)13(8)20/h1-3,20-21H,16-17H2. The molecule has 0 heterocycles. The fourth-order valence-electron chi connectivity index (χ4n) is 2.42. The van der Waals surface area contributed by atoms with Gasteiger partial charge in [-0.05, 0) is 6.07 Å². The Morgan fingerprint density at radius 3 is 2.19 bits per heavy atom. The van der Waals surface area contributed by atoms with Crippen LogP contribution in [0.2, 0.25) is 5.02 Å². The van der Waals surface area contributed by atoms with Crippen LogP contribution in [0.15, 0.2) is 18.2 Å². The number of halogens is 1. The third kappa shape index (κ3) is 1.53. The Labute approximate surface area is 123 Å². The number of phenolic OH excluding ortho intramolecular Hbond substituents is 2. The second-order valence-electron chi connectivity index (χ2n) is 4.60. The van der Waals surface area contributed by atoms with Gasteiger partial charge in [-0.2, -0.15) is 0 Å². The molecule has 0 saturated heterocycles. The van der Waals surface area contributed by atoms with Crippen LogP contribution in [0, 0.1) is 0 Å². The molecule has 0 unspecified atom stereocenters. The predicted octanol–water partition coefficient (Wildman–Crippen LogP) is 1.69. The number of hydrogen-bond donors (Lipinski definition) is 4. The third-order valence-corrected chi connectivity index (χ3v) is 3.78. The Kier molecular flexibility index (Phi) is 2.61. The molecule has 2 aromatic carbocycles. The number of nitrogens with two attached hydrogens (primary N) is 2. The highest BCUT2D eigenvalue weighted by molar-refractivity contribution is 6.40. The van der Waals surface area contributed by atoms with Crippen molar-refractivity contribution < 1.29 is 19.8 Å². The second-order valence-corrected chi connectivity index (χ2v) is 5.00. The molecule has 0 fully saturated rings. The summed E-state index contributed by atoms with van der Waals surface area (Å²) in [5.41, 5.74) is 10.1. The molecular formula is C14H9ClN2O4. The van der Waals surface area contributed by atoms with Gasteiger partial charge in [0.05, 0.1) is 27.4 Å². The largest absolute Gasteiger partial charge is 0.504 e. The molecule has 7 heteroatoms. The maximum atomic E-state index is 12.5. The zero-order valence-corrected chi connectivity index (χ0v) is 11.2. The monoisotopic (exact) mass is 304 g/mol. The van der Waals surface area contributed by atoms with Crippen molar-refractivity contribution in [2.45, 2.75) is 0 Å². The maximum absolute atomic E-state index is 12.5. The summed E-state index contributed by atoms with van der Waals surface area (Å²) in [7, 11) is 0. The molecule has 0 bridgehead atoms. The van der Waals surface area contributed by atoms with Crippen LogP contribution in [0.4, 0.5) is 11.4 Å². The minimum absolute atomic E-state index is 0.0319. The summed E-state index contributed by atoms with van der Waals surface area (Å²) < 4.78 is 0. The Balaban J connectivity index is 2.47. The van der Waals surface area contributed by atoms with E-state index in [2.05, 4.69) is 0 Å². The van der Waals surface area contributed by atoms with E-state index in [9.17, 15) is 19.8 Å². The Bertz CT molecular complexity index is 846. The molecule has 0 radical (unpaired) electrons. The highest BCUT2D eigenvalue weighted by atomic mass is 35.5. The van der Waals surface area contributed by atoms with E-state index in [1.807, 2.05) is 0 Å². The van der Waals surface area contributed by atoms with Crippen molar-refractivity contribution in [1.82, 2.24) is 0 Å². The number of benzene rings is 2. The van der Waals surface area contributed by atoms with E-state index in [1.54, 1.807) is 0 Å². The predicted molar refractivity (Wildman–Crippen MR) is 76.9 cm³/mol. The molecule has 0 aromatic heterocycles. The number of aromatic hydroxyl groups is 2. The minimum atomic E-state index is -0.777. The van der Waals surface area contributed by atoms with Gasteiger partial charge in [0.15, 0.2) is 23.1 Å². The first-order valence-electron chi connectivity index (χ1n) is 5.87. The van der Waals surface area contributed by atoms with Gasteiger partial charge in [0.25, 0.3) is 0 Å². The van der Waals surface area contributed by atoms with E-state index >= 15 is 0 Å². The summed E-state index contributed by atoms with van der Waals surface area (Å²) in [5, 5.41) is 19.7. The van der Waals surface area contributed by atoms with E-state index in [0.717, 1.165) is 0 Å². The number of fused-ring (bicyclic) bond motifs is 2. The van der Waals surface area contributed by atoms with Gasteiger partial charge in [0.2, 0.25) is 0 Å². The molecule has 6 nitrogen and oxygen atoms in total. The fourth-order valence-corrected chi connectivity index (χ4v) is 2.68. The first-order valence-corrected chi connectivity index (χ1v) is 6.24. The van der Waals surface area contributed by atoms with Gasteiger partial charge in [0.1, 0.15) is 5.69 Å². The summed E-state index contributed by atoms with van der Waals surface area (Å²) in [6.45, 7) is 0. The number of rotatable bonds is 0. The lowest BCUT2D eigenvalue weighted by atomic mass is 9.82. The molecule has 0 amide bonds.